The number of aryl methyl sites for hydroxylation is 1. The van der Waals surface area contributed by atoms with E-state index < -0.39 is 18.6 Å². The fourth-order valence-electron chi connectivity index (χ4n) is 1.74. The summed E-state index contributed by atoms with van der Waals surface area (Å²) in [5.74, 6) is -0.421. The Kier molecular flexibility index (Phi) is 6.51. The van der Waals surface area contributed by atoms with E-state index >= 15 is 0 Å². The predicted molar refractivity (Wildman–Crippen MR) is 71.3 cm³/mol. The Balaban J connectivity index is 2.18. The first-order chi connectivity index (χ1) is 9.37. The quantitative estimate of drug-likeness (QED) is 0.808. The fraction of sp³-hybridized carbons (Fsp3) is 0.500. The third-order valence-corrected chi connectivity index (χ3v) is 2.73. The molecule has 1 rings (SSSR count). The highest BCUT2D eigenvalue weighted by molar-refractivity contribution is 5.78. The number of nitrogens with one attached hydrogen (secondary N) is 2. The maximum absolute atomic E-state index is 11.9. The van der Waals surface area contributed by atoms with Gasteiger partial charge in [-0.15, -0.1) is 0 Å². The van der Waals surface area contributed by atoms with Gasteiger partial charge >= 0.3 is 6.18 Å². The molecule has 0 heterocycles. The standard InChI is InChI=1S/C14H19F3N2O/c1-11(7-8-12-5-3-2-4-6-12)19-13(20)9-18-10-14(15,16)17/h2-6,11,18H,7-10H2,1H3,(H,19,20). The molecule has 20 heavy (non-hydrogen) atoms. The number of hydrogen-bond acceptors (Lipinski definition) is 2. The van der Waals surface area contributed by atoms with E-state index in [0.717, 1.165) is 12.8 Å². The van der Waals surface area contributed by atoms with E-state index in [1.54, 1.807) is 0 Å². The minimum atomic E-state index is -4.29. The minimum absolute atomic E-state index is 0.0737. The molecule has 3 nitrogen and oxygen atoms in total. The van der Waals surface area contributed by atoms with Crippen LogP contribution >= 0.6 is 0 Å². The van der Waals surface area contributed by atoms with Crippen molar-refractivity contribution >= 4 is 5.91 Å². The Morgan fingerprint density at radius 3 is 2.50 bits per heavy atom. The largest absolute Gasteiger partial charge is 0.401 e. The zero-order valence-electron chi connectivity index (χ0n) is 11.3. The van der Waals surface area contributed by atoms with Crippen LogP contribution in [0.25, 0.3) is 0 Å². The number of rotatable bonds is 7. The topological polar surface area (TPSA) is 41.1 Å². The highest BCUT2D eigenvalue weighted by Gasteiger charge is 2.26. The third-order valence-electron chi connectivity index (χ3n) is 2.73. The van der Waals surface area contributed by atoms with Gasteiger partial charge in [-0.1, -0.05) is 30.3 Å². The van der Waals surface area contributed by atoms with Gasteiger partial charge in [-0.25, -0.2) is 0 Å². The van der Waals surface area contributed by atoms with Crippen molar-refractivity contribution in [3.63, 3.8) is 0 Å². The summed E-state index contributed by atoms with van der Waals surface area (Å²) in [4.78, 5) is 11.4. The van der Waals surface area contributed by atoms with Gasteiger partial charge in [0, 0.05) is 6.04 Å². The highest BCUT2D eigenvalue weighted by atomic mass is 19.4. The van der Waals surface area contributed by atoms with Crippen LogP contribution in [0.1, 0.15) is 18.9 Å². The van der Waals surface area contributed by atoms with E-state index in [9.17, 15) is 18.0 Å². The fourth-order valence-corrected chi connectivity index (χ4v) is 1.74. The molecule has 1 aromatic carbocycles. The number of benzene rings is 1. The molecule has 6 heteroatoms. The Hall–Kier alpha value is -1.56. The summed E-state index contributed by atoms with van der Waals surface area (Å²) in [6.45, 7) is 0.360. The molecule has 1 aromatic rings. The van der Waals surface area contributed by atoms with Crippen LogP contribution in [-0.2, 0) is 11.2 Å². The Morgan fingerprint density at radius 1 is 1.25 bits per heavy atom. The molecule has 1 atom stereocenters. The summed E-state index contributed by atoms with van der Waals surface area (Å²) in [6.07, 6.45) is -2.73. The van der Waals surface area contributed by atoms with Crippen LogP contribution in [0.15, 0.2) is 30.3 Å². The van der Waals surface area contributed by atoms with E-state index in [1.165, 1.54) is 5.56 Å². The normalized spacial score (nSPS) is 13.0. The number of alkyl halides is 3. The summed E-state index contributed by atoms with van der Waals surface area (Å²) in [5, 5.41) is 4.73. The SMILES string of the molecule is CC(CCc1ccccc1)NC(=O)CNCC(F)(F)F. The number of halogens is 3. The zero-order valence-corrected chi connectivity index (χ0v) is 11.3. The molecule has 1 unspecified atom stereocenters. The van der Waals surface area contributed by atoms with Crippen LogP contribution in [0.3, 0.4) is 0 Å². The summed E-state index contributed by atoms with van der Waals surface area (Å²) >= 11 is 0. The van der Waals surface area contributed by atoms with Gasteiger partial charge in [-0.3, -0.25) is 4.79 Å². The maximum Gasteiger partial charge on any atom is 0.401 e. The third kappa shape index (κ3) is 7.78. The predicted octanol–water partition coefficient (Wildman–Crippen LogP) is 2.28. The molecule has 1 amide bonds. The molecule has 0 saturated heterocycles. The van der Waals surface area contributed by atoms with Gasteiger partial charge in [0.25, 0.3) is 0 Å². The Bertz CT molecular complexity index is 407. The van der Waals surface area contributed by atoms with E-state index in [4.69, 9.17) is 0 Å². The molecule has 0 spiro atoms. The average molecular weight is 288 g/mol. The van der Waals surface area contributed by atoms with Crippen LogP contribution in [0.5, 0.6) is 0 Å². The van der Waals surface area contributed by atoms with Crippen molar-refractivity contribution in [2.24, 2.45) is 0 Å². The number of amides is 1. The highest BCUT2D eigenvalue weighted by Crippen LogP contribution is 2.11. The molecule has 0 aliphatic heterocycles. The second-order valence-electron chi connectivity index (χ2n) is 4.71. The van der Waals surface area contributed by atoms with Crippen LogP contribution < -0.4 is 10.6 Å². The lowest BCUT2D eigenvalue weighted by Crippen LogP contribution is -2.41. The lowest BCUT2D eigenvalue weighted by atomic mass is 10.1. The first-order valence-electron chi connectivity index (χ1n) is 6.47. The first-order valence-corrected chi connectivity index (χ1v) is 6.47. The maximum atomic E-state index is 11.9. The van der Waals surface area contributed by atoms with Crippen molar-refractivity contribution in [2.75, 3.05) is 13.1 Å². The molecular formula is C14H19F3N2O. The molecule has 0 aliphatic carbocycles. The second kappa shape index (κ2) is 7.89. The van der Waals surface area contributed by atoms with Gasteiger partial charge in [0.2, 0.25) is 5.91 Å². The van der Waals surface area contributed by atoms with Gasteiger partial charge in [-0.2, -0.15) is 13.2 Å². The molecule has 0 radical (unpaired) electrons. The van der Waals surface area contributed by atoms with Crippen LogP contribution in [-0.4, -0.2) is 31.2 Å². The van der Waals surface area contributed by atoms with E-state index in [1.807, 2.05) is 37.3 Å². The van der Waals surface area contributed by atoms with Crippen molar-refractivity contribution in [3.8, 4) is 0 Å². The van der Waals surface area contributed by atoms with Crippen molar-refractivity contribution < 1.29 is 18.0 Å². The van der Waals surface area contributed by atoms with Gasteiger partial charge in [0.05, 0.1) is 13.1 Å². The van der Waals surface area contributed by atoms with Crippen LogP contribution in [0.4, 0.5) is 13.2 Å². The van der Waals surface area contributed by atoms with Crippen molar-refractivity contribution in [2.45, 2.75) is 32.0 Å². The van der Waals surface area contributed by atoms with Crippen LogP contribution in [0.2, 0.25) is 0 Å². The molecule has 0 aliphatic rings. The van der Waals surface area contributed by atoms with Gasteiger partial charge in [0.15, 0.2) is 0 Å². The summed E-state index contributed by atoms with van der Waals surface area (Å²) < 4.78 is 35.6. The van der Waals surface area contributed by atoms with Crippen LogP contribution in [0, 0.1) is 0 Å². The van der Waals surface area contributed by atoms with Crippen molar-refractivity contribution in [1.82, 2.24) is 10.6 Å². The summed E-state index contributed by atoms with van der Waals surface area (Å²) in [6, 6.07) is 9.74. The van der Waals surface area contributed by atoms with Gasteiger partial charge in [-0.05, 0) is 25.3 Å². The van der Waals surface area contributed by atoms with E-state index in [2.05, 4.69) is 10.6 Å². The summed E-state index contributed by atoms with van der Waals surface area (Å²) in [7, 11) is 0. The molecule has 0 fully saturated rings. The molecule has 112 valence electrons. The summed E-state index contributed by atoms with van der Waals surface area (Å²) in [5.41, 5.74) is 1.17. The van der Waals surface area contributed by atoms with Crippen molar-refractivity contribution in [1.29, 1.82) is 0 Å². The zero-order chi connectivity index (χ0) is 15.0. The average Bonchev–Trinajstić information content (AvgIpc) is 2.36. The molecule has 0 bridgehead atoms. The number of hydrogen-bond donors (Lipinski definition) is 2. The second-order valence-corrected chi connectivity index (χ2v) is 4.71. The Labute approximate surface area is 116 Å². The minimum Gasteiger partial charge on any atom is -0.353 e. The molecule has 0 aromatic heterocycles. The van der Waals surface area contributed by atoms with Gasteiger partial charge in [0.1, 0.15) is 0 Å². The lowest BCUT2D eigenvalue weighted by molar-refractivity contribution is -0.128. The van der Waals surface area contributed by atoms with E-state index in [-0.39, 0.29) is 12.6 Å². The molecular weight excluding hydrogens is 269 g/mol. The lowest BCUT2D eigenvalue weighted by Gasteiger charge is -2.14. The molecule has 2 N–H and O–H groups in total. The smallest absolute Gasteiger partial charge is 0.353 e. The van der Waals surface area contributed by atoms with E-state index in [0.29, 0.717) is 0 Å². The molecule has 0 saturated carbocycles. The number of carbonyl (C=O) groups excluding carboxylic acids is 1. The van der Waals surface area contributed by atoms with Crippen molar-refractivity contribution in [3.05, 3.63) is 35.9 Å². The number of carbonyl (C=O) groups is 1. The Morgan fingerprint density at radius 2 is 1.90 bits per heavy atom. The monoisotopic (exact) mass is 288 g/mol. The van der Waals surface area contributed by atoms with Gasteiger partial charge < -0.3 is 10.6 Å². The first kappa shape index (κ1) is 16.5.